The summed E-state index contributed by atoms with van der Waals surface area (Å²) in [6.45, 7) is 4.12. The molecule has 7 nitrogen and oxygen atoms in total. The first-order valence-corrected chi connectivity index (χ1v) is 12.3. The Morgan fingerprint density at radius 3 is 2.77 bits per heavy atom. The Kier molecular flexibility index (Phi) is 5.49. The van der Waals surface area contributed by atoms with E-state index in [1.807, 2.05) is 41.4 Å². The molecule has 4 aromatic rings. The van der Waals surface area contributed by atoms with Crippen LogP contribution < -0.4 is 5.32 Å². The van der Waals surface area contributed by atoms with Gasteiger partial charge in [-0.15, -0.1) is 0 Å². The van der Waals surface area contributed by atoms with Crippen LogP contribution in [0.4, 0.5) is 0 Å². The summed E-state index contributed by atoms with van der Waals surface area (Å²) in [5.74, 6) is 0.171. The van der Waals surface area contributed by atoms with Crippen LogP contribution >= 0.6 is 0 Å². The Labute approximate surface area is 204 Å². The van der Waals surface area contributed by atoms with Crippen LogP contribution in [0.5, 0.6) is 0 Å². The van der Waals surface area contributed by atoms with Gasteiger partial charge >= 0.3 is 0 Å². The quantitative estimate of drug-likeness (QED) is 0.484. The number of aromatic nitrogens is 2. The molecule has 0 unspecified atom stereocenters. The lowest BCUT2D eigenvalue weighted by molar-refractivity contribution is -0.132. The van der Waals surface area contributed by atoms with Gasteiger partial charge in [-0.05, 0) is 37.6 Å². The smallest absolute Gasteiger partial charge is 0.253 e. The summed E-state index contributed by atoms with van der Waals surface area (Å²) < 4.78 is 0. The molecule has 6 rings (SSSR count). The first kappa shape index (κ1) is 21.8. The lowest BCUT2D eigenvalue weighted by Gasteiger charge is -2.32. The summed E-state index contributed by atoms with van der Waals surface area (Å²) >= 11 is 0. The molecule has 2 aliphatic rings. The van der Waals surface area contributed by atoms with Crippen LogP contribution in [0, 0.1) is 0 Å². The van der Waals surface area contributed by atoms with Crippen molar-refractivity contribution in [2.75, 3.05) is 39.8 Å². The minimum atomic E-state index is -0.00454. The summed E-state index contributed by atoms with van der Waals surface area (Å²) in [5.41, 5.74) is 5.59. The van der Waals surface area contributed by atoms with Gasteiger partial charge in [0.2, 0.25) is 5.91 Å². The average molecular weight is 468 g/mol. The molecule has 2 aliphatic heterocycles. The fraction of sp³-hybridized carbons (Fsp3) is 0.321. The Hall–Kier alpha value is -3.71. The molecule has 2 aromatic carbocycles. The number of piperazine rings is 1. The fourth-order valence-electron chi connectivity index (χ4n) is 5.28. The van der Waals surface area contributed by atoms with Crippen molar-refractivity contribution in [3.8, 4) is 11.3 Å². The number of carbonyl (C=O) groups excluding carboxylic acids is 2. The average Bonchev–Trinajstić information content (AvgIpc) is 3.16. The van der Waals surface area contributed by atoms with E-state index in [2.05, 4.69) is 34.4 Å². The molecule has 1 saturated heterocycles. The Morgan fingerprint density at radius 1 is 1.06 bits per heavy atom. The number of likely N-dealkylation sites (N-methyl/N-ethyl adjacent to an activating group) is 1. The molecule has 4 heterocycles. The Bertz CT molecular complexity index is 1450. The molecule has 0 aliphatic carbocycles. The van der Waals surface area contributed by atoms with Gasteiger partial charge in [0.1, 0.15) is 0 Å². The number of amides is 2. The van der Waals surface area contributed by atoms with E-state index >= 15 is 0 Å². The van der Waals surface area contributed by atoms with Crippen molar-refractivity contribution >= 4 is 33.5 Å². The number of aromatic amines is 1. The van der Waals surface area contributed by atoms with E-state index in [4.69, 9.17) is 4.98 Å². The van der Waals surface area contributed by atoms with Crippen LogP contribution in [0.3, 0.4) is 0 Å². The molecule has 0 bridgehead atoms. The van der Waals surface area contributed by atoms with Gasteiger partial charge in [-0.1, -0.05) is 30.3 Å². The molecule has 1 fully saturated rings. The molecule has 2 amide bonds. The summed E-state index contributed by atoms with van der Waals surface area (Å²) in [6, 6.07) is 14.3. The largest absolute Gasteiger partial charge is 0.357 e. The highest BCUT2D eigenvalue weighted by Crippen LogP contribution is 2.32. The molecule has 7 heteroatoms. The number of hydrogen-bond acceptors (Lipinski definition) is 4. The van der Waals surface area contributed by atoms with Gasteiger partial charge in [-0.3, -0.25) is 14.6 Å². The number of nitrogens with one attached hydrogen (secondary N) is 2. The number of fused-ring (bicyclic) bond motifs is 5. The molecule has 2 aromatic heterocycles. The maximum atomic E-state index is 12.8. The normalized spacial score (nSPS) is 16.8. The topological polar surface area (TPSA) is 81.3 Å². The zero-order chi connectivity index (χ0) is 23.9. The maximum Gasteiger partial charge on any atom is 0.253 e. The van der Waals surface area contributed by atoms with Crippen LogP contribution in [0.1, 0.15) is 28.0 Å². The van der Waals surface area contributed by atoms with Crippen LogP contribution in [0.15, 0.2) is 48.7 Å². The second-order valence-corrected chi connectivity index (χ2v) is 9.68. The van der Waals surface area contributed by atoms with E-state index in [-0.39, 0.29) is 11.8 Å². The fourth-order valence-corrected chi connectivity index (χ4v) is 5.28. The van der Waals surface area contributed by atoms with E-state index in [0.29, 0.717) is 13.0 Å². The summed E-state index contributed by atoms with van der Waals surface area (Å²) in [5, 5.41) is 6.04. The standard InChI is InChI=1S/C28H29N5O2/c1-32-10-12-33(13-11-32)25(34)15-18-4-2-5-19(14-18)24-16-22-20(17-30-24)7-8-21-26-23(31-27(21)22)6-3-9-29-28(26)35/h2,4-5,7-8,14,16-17,31H,3,6,9-13,15H2,1H3,(H,29,35). The third-order valence-electron chi connectivity index (χ3n) is 7.30. The first-order chi connectivity index (χ1) is 17.1. The molecule has 0 saturated carbocycles. The number of rotatable bonds is 3. The second-order valence-electron chi connectivity index (χ2n) is 9.68. The van der Waals surface area contributed by atoms with Gasteiger partial charge in [0.25, 0.3) is 5.91 Å². The summed E-state index contributed by atoms with van der Waals surface area (Å²) in [7, 11) is 2.09. The van der Waals surface area contributed by atoms with Crippen LogP contribution in [0.25, 0.3) is 32.9 Å². The van der Waals surface area contributed by atoms with Gasteiger partial charge in [0.05, 0.1) is 23.2 Å². The number of carbonyl (C=O) groups is 2. The number of pyridine rings is 1. The monoisotopic (exact) mass is 467 g/mol. The predicted molar refractivity (Wildman–Crippen MR) is 137 cm³/mol. The molecule has 35 heavy (non-hydrogen) atoms. The Morgan fingerprint density at radius 2 is 1.91 bits per heavy atom. The predicted octanol–water partition coefficient (Wildman–Crippen LogP) is 3.38. The van der Waals surface area contributed by atoms with Gasteiger partial charge in [-0.2, -0.15) is 0 Å². The molecular weight excluding hydrogens is 438 g/mol. The lowest BCUT2D eigenvalue weighted by Crippen LogP contribution is -2.47. The second kappa shape index (κ2) is 8.82. The number of benzene rings is 2. The van der Waals surface area contributed by atoms with Crippen LogP contribution in [-0.2, 0) is 17.6 Å². The SMILES string of the molecule is CN1CCN(C(=O)Cc2cccc(-c3cc4c(ccc5c6c([nH]c54)CCCNC6=O)cn3)c2)CC1. The highest BCUT2D eigenvalue weighted by atomic mass is 16.2. The maximum absolute atomic E-state index is 12.8. The number of aryl methyl sites for hydroxylation is 1. The van der Waals surface area contributed by atoms with Crippen molar-refractivity contribution in [2.45, 2.75) is 19.3 Å². The van der Waals surface area contributed by atoms with Gasteiger partial charge in [-0.25, -0.2) is 0 Å². The lowest BCUT2D eigenvalue weighted by atomic mass is 10.0. The summed E-state index contributed by atoms with van der Waals surface area (Å²) in [6.07, 6.45) is 4.06. The van der Waals surface area contributed by atoms with E-state index in [9.17, 15) is 9.59 Å². The van der Waals surface area contributed by atoms with Crippen molar-refractivity contribution in [3.05, 3.63) is 65.5 Å². The molecular formula is C28H29N5O2. The van der Waals surface area contributed by atoms with Gasteiger partial charge in [0.15, 0.2) is 0 Å². The highest BCUT2D eigenvalue weighted by molar-refractivity contribution is 6.15. The molecule has 0 atom stereocenters. The van der Waals surface area contributed by atoms with Crippen molar-refractivity contribution in [3.63, 3.8) is 0 Å². The van der Waals surface area contributed by atoms with E-state index < -0.39 is 0 Å². The first-order valence-electron chi connectivity index (χ1n) is 12.3. The van der Waals surface area contributed by atoms with Crippen molar-refractivity contribution < 1.29 is 9.59 Å². The molecule has 178 valence electrons. The zero-order valence-electron chi connectivity index (χ0n) is 19.9. The zero-order valence-corrected chi connectivity index (χ0v) is 19.9. The third-order valence-corrected chi connectivity index (χ3v) is 7.30. The molecule has 2 N–H and O–H groups in total. The van der Waals surface area contributed by atoms with Crippen LogP contribution in [-0.4, -0.2) is 71.4 Å². The van der Waals surface area contributed by atoms with Crippen molar-refractivity contribution in [1.29, 1.82) is 0 Å². The minimum absolute atomic E-state index is 0.00454. The van der Waals surface area contributed by atoms with Crippen molar-refractivity contribution in [2.24, 2.45) is 0 Å². The molecule has 0 radical (unpaired) electrons. The number of H-pyrrole nitrogens is 1. The minimum Gasteiger partial charge on any atom is -0.357 e. The van der Waals surface area contributed by atoms with Gasteiger partial charge < -0.3 is 20.1 Å². The summed E-state index contributed by atoms with van der Waals surface area (Å²) in [4.78, 5) is 38.0. The van der Waals surface area contributed by atoms with E-state index in [1.165, 1.54) is 0 Å². The highest BCUT2D eigenvalue weighted by Gasteiger charge is 2.22. The van der Waals surface area contributed by atoms with E-state index in [1.54, 1.807) is 0 Å². The number of nitrogens with zero attached hydrogens (tertiary/aromatic N) is 3. The number of hydrogen-bond donors (Lipinski definition) is 2. The van der Waals surface area contributed by atoms with Gasteiger partial charge in [0, 0.05) is 66.3 Å². The van der Waals surface area contributed by atoms with Crippen molar-refractivity contribution in [1.82, 2.24) is 25.1 Å². The third kappa shape index (κ3) is 4.06. The van der Waals surface area contributed by atoms with E-state index in [0.717, 1.165) is 88.8 Å². The van der Waals surface area contributed by atoms with Crippen LogP contribution in [0.2, 0.25) is 0 Å². The Balaban J connectivity index is 1.34. The molecule has 0 spiro atoms.